The van der Waals surface area contributed by atoms with Crippen molar-refractivity contribution in [1.82, 2.24) is 4.90 Å². The summed E-state index contributed by atoms with van der Waals surface area (Å²) in [4.78, 5) is 13.6. The summed E-state index contributed by atoms with van der Waals surface area (Å²) in [6.45, 7) is 4.90. The summed E-state index contributed by atoms with van der Waals surface area (Å²) in [5.74, 6) is -0.242. The number of nitrogens with zero attached hydrogens (tertiary/aromatic N) is 1. The molecule has 5 nitrogen and oxygen atoms in total. The number of aliphatic hydroxyl groups excluding tert-OH is 1. The lowest BCUT2D eigenvalue weighted by molar-refractivity contribution is -0.152. The third-order valence-electron chi connectivity index (χ3n) is 2.45. The van der Waals surface area contributed by atoms with Crippen LogP contribution in [0, 0.1) is 0 Å². The monoisotopic (exact) mass is 217 g/mol. The minimum Gasteiger partial charge on any atom is -0.465 e. The maximum atomic E-state index is 11.6. The Labute approximate surface area is 90.0 Å². The van der Waals surface area contributed by atoms with Crippen LogP contribution in [-0.2, 0) is 14.3 Å². The summed E-state index contributed by atoms with van der Waals surface area (Å²) >= 11 is 0. The van der Waals surface area contributed by atoms with E-state index in [2.05, 4.69) is 0 Å². The second kappa shape index (κ2) is 6.76. The molecule has 1 unspecified atom stereocenters. The normalized spacial score (nSPS) is 19.9. The molecule has 0 aromatic heterocycles. The zero-order valence-electron chi connectivity index (χ0n) is 9.15. The van der Waals surface area contributed by atoms with E-state index in [9.17, 15) is 4.79 Å². The molecular formula is C10H19NO4. The van der Waals surface area contributed by atoms with Crippen molar-refractivity contribution in [3.8, 4) is 0 Å². The molecule has 0 radical (unpaired) electrons. The second-order valence-corrected chi connectivity index (χ2v) is 3.43. The van der Waals surface area contributed by atoms with Crippen LogP contribution in [-0.4, -0.2) is 61.5 Å². The van der Waals surface area contributed by atoms with Crippen molar-refractivity contribution in [3.05, 3.63) is 0 Å². The molecule has 1 N–H and O–H groups in total. The summed E-state index contributed by atoms with van der Waals surface area (Å²) in [6, 6.07) is -0.321. The number of carbonyl (C=O) groups excluding carboxylic acids is 1. The number of ether oxygens (including phenoxy) is 2. The van der Waals surface area contributed by atoms with Crippen LogP contribution in [0.15, 0.2) is 0 Å². The molecule has 0 saturated carbocycles. The number of rotatable bonds is 5. The van der Waals surface area contributed by atoms with E-state index in [-0.39, 0.29) is 18.6 Å². The van der Waals surface area contributed by atoms with Gasteiger partial charge in [0.05, 0.1) is 19.8 Å². The predicted octanol–water partition coefficient (Wildman–Crippen LogP) is -0.367. The third kappa shape index (κ3) is 3.77. The maximum Gasteiger partial charge on any atom is 0.323 e. The topological polar surface area (TPSA) is 59.0 Å². The fraction of sp³-hybridized carbons (Fsp3) is 0.900. The van der Waals surface area contributed by atoms with Crippen LogP contribution in [0.4, 0.5) is 0 Å². The molecule has 88 valence electrons. The van der Waals surface area contributed by atoms with E-state index in [1.807, 2.05) is 4.90 Å². The van der Waals surface area contributed by atoms with Crippen LogP contribution in [0.1, 0.15) is 13.3 Å². The van der Waals surface area contributed by atoms with Crippen LogP contribution in [0.2, 0.25) is 0 Å². The number of hydrogen-bond acceptors (Lipinski definition) is 5. The molecule has 1 aliphatic rings. The van der Waals surface area contributed by atoms with E-state index in [1.165, 1.54) is 0 Å². The first-order chi connectivity index (χ1) is 7.29. The highest BCUT2D eigenvalue weighted by molar-refractivity contribution is 5.75. The minimum absolute atomic E-state index is 0.000831. The molecular weight excluding hydrogens is 198 g/mol. The SMILES string of the molecule is CCOC(=O)C(CCO)N1CCOCC1. The number of aliphatic hydroxyl groups is 1. The number of carbonyl (C=O) groups is 1. The Morgan fingerprint density at radius 3 is 2.73 bits per heavy atom. The van der Waals surface area contributed by atoms with Crippen LogP contribution in [0.5, 0.6) is 0 Å². The Hall–Kier alpha value is -0.650. The van der Waals surface area contributed by atoms with Gasteiger partial charge in [0.25, 0.3) is 0 Å². The van der Waals surface area contributed by atoms with Gasteiger partial charge in [-0.2, -0.15) is 0 Å². The van der Waals surface area contributed by atoms with Crippen LogP contribution in [0.3, 0.4) is 0 Å². The van der Waals surface area contributed by atoms with E-state index >= 15 is 0 Å². The number of esters is 1. The third-order valence-corrected chi connectivity index (χ3v) is 2.45. The Morgan fingerprint density at radius 2 is 2.20 bits per heavy atom. The number of morpholine rings is 1. The average Bonchev–Trinajstić information content (AvgIpc) is 2.27. The van der Waals surface area contributed by atoms with Crippen LogP contribution >= 0.6 is 0 Å². The molecule has 0 bridgehead atoms. The van der Waals surface area contributed by atoms with Gasteiger partial charge in [-0.15, -0.1) is 0 Å². The molecule has 0 aromatic carbocycles. The van der Waals surface area contributed by atoms with E-state index < -0.39 is 0 Å². The first kappa shape index (κ1) is 12.4. The average molecular weight is 217 g/mol. The van der Waals surface area contributed by atoms with Crippen molar-refractivity contribution in [1.29, 1.82) is 0 Å². The lowest BCUT2D eigenvalue weighted by atomic mass is 10.1. The highest BCUT2D eigenvalue weighted by atomic mass is 16.5. The summed E-state index contributed by atoms with van der Waals surface area (Å²) in [6.07, 6.45) is 0.429. The first-order valence-electron chi connectivity index (χ1n) is 5.39. The summed E-state index contributed by atoms with van der Waals surface area (Å²) in [5.41, 5.74) is 0. The molecule has 1 atom stereocenters. The predicted molar refractivity (Wildman–Crippen MR) is 54.5 cm³/mol. The van der Waals surface area contributed by atoms with Crippen molar-refractivity contribution >= 4 is 5.97 Å². The summed E-state index contributed by atoms with van der Waals surface area (Å²) < 4.78 is 10.2. The summed E-state index contributed by atoms with van der Waals surface area (Å²) in [7, 11) is 0. The van der Waals surface area contributed by atoms with Crippen LogP contribution < -0.4 is 0 Å². The van der Waals surface area contributed by atoms with E-state index in [4.69, 9.17) is 14.6 Å². The highest BCUT2D eigenvalue weighted by Crippen LogP contribution is 2.09. The molecule has 0 amide bonds. The lowest BCUT2D eigenvalue weighted by Gasteiger charge is -2.32. The maximum absolute atomic E-state index is 11.6. The van der Waals surface area contributed by atoms with Crippen molar-refractivity contribution < 1.29 is 19.4 Å². The fourth-order valence-corrected chi connectivity index (χ4v) is 1.70. The highest BCUT2D eigenvalue weighted by Gasteiger charge is 2.27. The smallest absolute Gasteiger partial charge is 0.323 e. The second-order valence-electron chi connectivity index (χ2n) is 3.43. The quantitative estimate of drug-likeness (QED) is 0.637. The van der Waals surface area contributed by atoms with Gasteiger partial charge < -0.3 is 14.6 Å². The molecule has 0 spiro atoms. The van der Waals surface area contributed by atoms with Crippen molar-refractivity contribution in [2.75, 3.05) is 39.5 Å². The van der Waals surface area contributed by atoms with E-state index in [0.29, 0.717) is 26.2 Å². The molecule has 1 aliphatic heterocycles. The Morgan fingerprint density at radius 1 is 1.53 bits per heavy atom. The van der Waals surface area contributed by atoms with Gasteiger partial charge in [-0.3, -0.25) is 9.69 Å². The van der Waals surface area contributed by atoms with Gasteiger partial charge in [-0.05, 0) is 13.3 Å². The van der Waals surface area contributed by atoms with Gasteiger partial charge in [-0.25, -0.2) is 0 Å². The Balaban J connectivity index is 2.50. The fourth-order valence-electron chi connectivity index (χ4n) is 1.70. The van der Waals surface area contributed by atoms with Crippen LogP contribution in [0.25, 0.3) is 0 Å². The van der Waals surface area contributed by atoms with E-state index in [1.54, 1.807) is 6.92 Å². The van der Waals surface area contributed by atoms with E-state index in [0.717, 1.165) is 13.1 Å². The molecule has 0 aromatic rings. The van der Waals surface area contributed by atoms with Gasteiger partial charge in [0.15, 0.2) is 0 Å². The minimum atomic E-state index is -0.321. The van der Waals surface area contributed by atoms with Gasteiger partial charge in [0.2, 0.25) is 0 Å². The molecule has 5 heteroatoms. The van der Waals surface area contributed by atoms with Gasteiger partial charge in [0.1, 0.15) is 6.04 Å². The standard InChI is InChI=1S/C10H19NO4/c1-2-15-10(13)9(3-6-12)11-4-7-14-8-5-11/h9,12H,2-8H2,1H3. The zero-order valence-corrected chi connectivity index (χ0v) is 9.15. The molecule has 1 fully saturated rings. The Bertz CT molecular complexity index is 192. The molecule has 0 aliphatic carbocycles. The lowest BCUT2D eigenvalue weighted by Crippen LogP contribution is -2.48. The Kier molecular flexibility index (Phi) is 5.60. The van der Waals surface area contributed by atoms with Gasteiger partial charge >= 0.3 is 5.97 Å². The molecule has 15 heavy (non-hydrogen) atoms. The van der Waals surface area contributed by atoms with Crippen molar-refractivity contribution in [2.45, 2.75) is 19.4 Å². The molecule has 1 saturated heterocycles. The van der Waals surface area contributed by atoms with Gasteiger partial charge in [-0.1, -0.05) is 0 Å². The number of hydrogen-bond donors (Lipinski definition) is 1. The first-order valence-corrected chi connectivity index (χ1v) is 5.39. The van der Waals surface area contributed by atoms with Gasteiger partial charge in [0, 0.05) is 19.7 Å². The molecule has 1 rings (SSSR count). The van der Waals surface area contributed by atoms with Crippen molar-refractivity contribution in [3.63, 3.8) is 0 Å². The molecule has 1 heterocycles. The van der Waals surface area contributed by atoms with Crippen molar-refractivity contribution in [2.24, 2.45) is 0 Å². The summed E-state index contributed by atoms with van der Waals surface area (Å²) in [5, 5.41) is 8.92. The zero-order chi connectivity index (χ0) is 11.1. The largest absolute Gasteiger partial charge is 0.465 e.